The maximum Gasteiger partial charge on any atom is 0.281 e. The van der Waals surface area contributed by atoms with E-state index in [9.17, 15) is 33.2 Å². The summed E-state index contributed by atoms with van der Waals surface area (Å²) in [4.78, 5) is 35.1. The molecule has 3 N–H and O–H groups in total. The molecule has 0 bridgehead atoms. The lowest BCUT2D eigenvalue weighted by Crippen LogP contribution is -2.38. The number of benzene rings is 3. The zero-order chi connectivity index (χ0) is 24.0. The number of nitrogens with zero attached hydrogens (tertiary/aromatic N) is 1. The van der Waals surface area contributed by atoms with Crippen molar-refractivity contribution >= 4 is 33.6 Å². The largest absolute Gasteiger partial charge is 0.508 e. The highest BCUT2D eigenvalue weighted by Crippen LogP contribution is 2.17. The van der Waals surface area contributed by atoms with E-state index < -0.39 is 26.8 Å². The SMILES string of the molecule is O=C(NS(=O)(=O)c1ccc([N+](=O)[O-])cc1)/C(=C\c1ccc(O)cc1)NC(=O)c1ccccc1. The number of amides is 2. The minimum Gasteiger partial charge on any atom is -0.508 e. The van der Waals surface area contributed by atoms with Crippen molar-refractivity contribution in [1.29, 1.82) is 0 Å². The third-order valence-corrected chi connectivity index (χ3v) is 5.66. The van der Waals surface area contributed by atoms with Gasteiger partial charge in [-0.1, -0.05) is 30.3 Å². The highest BCUT2D eigenvalue weighted by molar-refractivity contribution is 7.90. The van der Waals surface area contributed by atoms with Crippen molar-refractivity contribution in [2.24, 2.45) is 0 Å². The van der Waals surface area contributed by atoms with Crippen molar-refractivity contribution in [1.82, 2.24) is 10.0 Å². The summed E-state index contributed by atoms with van der Waals surface area (Å²) in [6.07, 6.45) is 1.24. The molecule has 0 aliphatic carbocycles. The van der Waals surface area contributed by atoms with Gasteiger partial charge < -0.3 is 10.4 Å². The van der Waals surface area contributed by atoms with Gasteiger partial charge in [-0.2, -0.15) is 0 Å². The second kappa shape index (κ2) is 9.75. The molecule has 3 rings (SSSR count). The molecule has 33 heavy (non-hydrogen) atoms. The minimum absolute atomic E-state index is 0.0211. The fourth-order valence-electron chi connectivity index (χ4n) is 2.66. The molecule has 0 aliphatic rings. The first-order valence-corrected chi connectivity index (χ1v) is 10.8. The van der Waals surface area contributed by atoms with Gasteiger partial charge >= 0.3 is 0 Å². The highest BCUT2D eigenvalue weighted by atomic mass is 32.2. The van der Waals surface area contributed by atoms with E-state index in [2.05, 4.69) is 5.32 Å². The monoisotopic (exact) mass is 467 g/mol. The second-order valence-corrected chi connectivity index (χ2v) is 8.34. The number of phenolic OH excluding ortho intramolecular Hbond substituents is 1. The van der Waals surface area contributed by atoms with Crippen LogP contribution in [0.25, 0.3) is 6.08 Å². The summed E-state index contributed by atoms with van der Waals surface area (Å²) >= 11 is 0. The van der Waals surface area contributed by atoms with E-state index in [0.29, 0.717) is 5.56 Å². The molecule has 0 saturated heterocycles. The number of nitro groups is 1. The Morgan fingerprint density at radius 3 is 2.09 bits per heavy atom. The molecular formula is C22H17N3O7S. The average molecular weight is 467 g/mol. The summed E-state index contributed by atoms with van der Waals surface area (Å²) in [6, 6.07) is 17.6. The number of nitrogens with one attached hydrogen (secondary N) is 2. The number of hydrogen-bond acceptors (Lipinski definition) is 7. The van der Waals surface area contributed by atoms with Gasteiger partial charge in [0.05, 0.1) is 9.82 Å². The van der Waals surface area contributed by atoms with Gasteiger partial charge in [-0.15, -0.1) is 0 Å². The van der Waals surface area contributed by atoms with Crippen molar-refractivity contribution in [2.75, 3.05) is 0 Å². The topological polar surface area (TPSA) is 156 Å². The molecule has 0 unspecified atom stereocenters. The number of non-ortho nitro benzene ring substituents is 1. The number of aromatic hydroxyl groups is 1. The summed E-state index contributed by atoms with van der Waals surface area (Å²) in [6.45, 7) is 0. The third-order valence-electron chi connectivity index (χ3n) is 4.32. The van der Waals surface area contributed by atoms with Crippen LogP contribution in [0.1, 0.15) is 15.9 Å². The van der Waals surface area contributed by atoms with Crippen LogP contribution in [0.2, 0.25) is 0 Å². The van der Waals surface area contributed by atoms with Gasteiger partial charge in [0, 0.05) is 17.7 Å². The Morgan fingerprint density at radius 1 is 0.909 bits per heavy atom. The predicted molar refractivity (Wildman–Crippen MR) is 118 cm³/mol. The molecule has 0 atom stereocenters. The van der Waals surface area contributed by atoms with Crippen LogP contribution in [0.3, 0.4) is 0 Å². The van der Waals surface area contributed by atoms with Crippen LogP contribution in [-0.4, -0.2) is 30.3 Å². The van der Waals surface area contributed by atoms with Crippen LogP contribution in [-0.2, 0) is 14.8 Å². The van der Waals surface area contributed by atoms with E-state index in [0.717, 1.165) is 24.3 Å². The normalized spacial score (nSPS) is 11.5. The Labute approximate surface area is 188 Å². The Bertz CT molecular complexity index is 1320. The predicted octanol–water partition coefficient (Wildman–Crippen LogP) is 2.58. The third kappa shape index (κ3) is 6.02. The summed E-state index contributed by atoms with van der Waals surface area (Å²) in [5.74, 6) is -1.80. The van der Waals surface area contributed by atoms with Gasteiger partial charge in [0.25, 0.3) is 27.5 Å². The highest BCUT2D eigenvalue weighted by Gasteiger charge is 2.23. The van der Waals surface area contributed by atoms with E-state index in [1.165, 1.54) is 42.5 Å². The van der Waals surface area contributed by atoms with Crippen LogP contribution in [0.4, 0.5) is 5.69 Å². The Morgan fingerprint density at radius 2 is 1.52 bits per heavy atom. The molecule has 10 nitrogen and oxygen atoms in total. The first kappa shape index (κ1) is 23.2. The summed E-state index contributed by atoms with van der Waals surface area (Å²) in [7, 11) is -4.40. The lowest BCUT2D eigenvalue weighted by atomic mass is 10.1. The average Bonchev–Trinajstić information content (AvgIpc) is 2.80. The van der Waals surface area contributed by atoms with E-state index in [1.54, 1.807) is 18.2 Å². The fraction of sp³-hybridized carbons (Fsp3) is 0. The van der Waals surface area contributed by atoms with Crippen molar-refractivity contribution < 1.29 is 28.0 Å². The molecule has 0 saturated carbocycles. The molecule has 0 aromatic heterocycles. The molecule has 3 aromatic carbocycles. The maximum atomic E-state index is 12.8. The van der Waals surface area contributed by atoms with Gasteiger partial charge in [0.2, 0.25) is 0 Å². The molecule has 0 fully saturated rings. The molecular weight excluding hydrogens is 450 g/mol. The van der Waals surface area contributed by atoms with Gasteiger partial charge in [0.1, 0.15) is 11.4 Å². The number of nitro benzene ring substituents is 1. The van der Waals surface area contributed by atoms with Gasteiger partial charge in [-0.05, 0) is 48.0 Å². The molecule has 2 amide bonds. The number of phenols is 1. The minimum atomic E-state index is -4.40. The summed E-state index contributed by atoms with van der Waals surface area (Å²) in [5, 5.41) is 22.6. The van der Waals surface area contributed by atoms with Gasteiger partial charge in [0.15, 0.2) is 0 Å². The molecule has 3 aromatic rings. The molecule has 0 spiro atoms. The maximum absolute atomic E-state index is 12.8. The molecule has 11 heteroatoms. The van der Waals surface area contributed by atoms with Crippen molar-refractivity contribution in [3.8, 4) is 5.75 Å². The number of carbonyl (C=O) groups excluding carboxylic acids is 2. The van der Waals surface area contributed by atoms with E-state index in [4.69, 9.17) is 0 Å². The standard InChI is InChI=1S/C22H17N3O7S/c26-18-10-6-15(7-11-18)14-20(23-21(27)16-4-2-1-3-5-16)22(28)24-33(31,32)19-12-8-17(9-13-19)25(29)30/h1-14,26H,(H,23,27)(H,24,28)/b20-14+. The van der Waals surface area contributed by atoms with Gasteiger partial charge in [-0.25, -0.2) is 13.1 Å². The smallest absolute Gasteiger partial charge is 0.281 e. The number of hydrogen-bond donors (Lipinski definition) is 3. The Balaban J connectivity index is 1.90. The van der Waals surface area contributed by atoms with Crippen LogP contribution in [0.15, 0.2) is 89.5 Å². The number of sulfonamides is 1. The summed E-state index contributed by atoms with van der Waals surface area (Å²) in [5.41, 5.74) is -0.0532. The van der Waals surface area contributed by atoms with Crippen LogP contribution in [0, 0.1) is 10.1 Å². The first-order chi connectivity index (χ1) is 15.7. The van der Waals surface area contributed by atoms with Crippen molar-refractivity contribution in [3.05, 3.63) is 106 Å². The van der Waals surface area contributed by atoms with Crippen LogP contribution in [0.5, 0.6) is 5.75 Å². The molecule has 0 radical (unpaired) electrons. The van der Waals surface area contributed by atoms with Crippen LogP contribution >= 0.6 is 0 Å². The molecule has 0 heterocycles. The first-order valence-electron chi connectivity index (χ1n) is 9.34. The molecule has 0 aliphatic heterocycles. The van der Waals surface area contributed by atoms with Gasteiger partial charge in [-0.3, -0.25) is 19.7 Å². The zero-order valence-electron chi connectivity index (χ0n) is 16.8. The van der Waals surface area contributed by atoms with Crippen molar-refractivity contribution in [3.63, 3.8) is 0 Å². The lowest BCUT2D eigenvalue weighted by Gasteiger charge is -2.12. The van der Waals surface area contributed by atoms with E-state index in [1.807, 2.05) is 4.72 Å². The van der Waals surface area contributed by atoms with Crippen LogP contribution < -0.4 is 10.0 Å². The van der Waals surface area contributed by atoms with Crippen molar-refractivity contribution in [2.45, 2.75) is 4.90 Å². The number of carbonyl (C=O) groups is 2. The quantitative estimate of drug-likeness (QED) is 0.274. The molecule has 168 valence electrons. The van der Waals surface area contributed by atoms with E-state index in [-0.39, 0.29) is 27.6 Å². The lowest BCUT2D eigenvalue weighted by molar-refractivity contribution is -0.384. The Kier molecular flexibility index (Phi) is 6.84. The zero-order valence-corrected chi connectivity index (χ0v) is 17.7. The fourth-order valence-corrected chi connectivity index (χ4v) is 3.63. The number of rotatable bonds is 7. The Hall–Kier alpha value is -4.51. The van der Waals surface area contributed by atoms with E-state index >= 15 is 0 Å². The summed E-state index contributed by atoms with van der Waals surface area (Å²) < 4.78 is 27.1. The second-order valence-electron chi connectivity index (χ2n) is 6.66.